The van der Waals surface area contributed by atoms with Gasteiger partial charge in [0.25, 0.3) is 5.91 Å². The van der Waals surface area contributed by atoms with Crippen molar-refractivity contribution in [3.05, 3.63) is 59.5 Å². The predicted molar refractivity (Wildman–Crippen MR) is 105 cm³/mol. The summed E-state index contributed by atoms with van der Waals surface area (Å²) in [5.74, 6) is -0.176. The van der Waals surface area contributed by atoms with Crippen LogP contribution in [0.25, 0.3) is 0 Å². The number of benzene rings is 1. The summed E-state index contributed by atoms with van der Waals surface area (Å²) < 4.78 is 10.5. The highest BCUT2D eigenvalue weighted by atomic mass is 16.5. The molecule has 150 valence electrons. The Labute approximate surface area is 165 Å². The van der Waals surface area contributed by atoms with Gasteiger partial charge < -0.3 is 19.8 Å². The lowest BCUT2D eigenvalue weighted by atomic mass is 10.0. The monoisotopic (exact) mass is 385 g/mol. The van der Waals surface area contributed by atoms with Crippen LogP contribution < -0.4 is 10.6 Å². The van der Waals surface area contributed by atoms with Crippen LogP contribution in [0.3, 0.4) is 0 Å². The molecule has 2 N–H and O–H groups in total. The van der Waals surface area contributed by atoms with Gasteiger partial charge in [0, 0.05) is 32.6 Å². The molecular formula is C21H27N3O4. The molecule has 1 aliphatic rings. The van der Waals surface area contributed by atoms with E-state index in [9.17, 15) is 9.59 Å². The van der Waals surface area contributed by atoms with Gasteiger partial charge in [-0.25, -0.2) is 0 Å². The van der Waals surface area contributed by atoms with Gasteiger partial charge in [-0.1, -0.05) is 29.8 Å². The zero-order chi connectivity index (χ0) is 19.8. The molecule has 1 aliphatic heterocycles. The van der Waals surface area contributed by atoms with E-state index in [1.54, 1.807) is 12.1 Å². The van der Waals surface area contributed by atoms with Gasteiger partial charge in [-0.05, 0) is 24.6 Å². The van der Waals surface area contributed by atoms with Gasteiger partial charge >= 0.3 is 0 Å². The summed E-state index contributed by atoms with van der Waals surface area (Å²) in [5.41, 5.74) is 2.26. The van der Waals surface area contributed by atoms with Crippen LogP contribution in [0.15, 0.2) is 47.1 Å². The first-order valence-corrected chi connectivity index (χ1v) is 9.59. The van der Waals surface area contributed by atoms with Crippen LogP contribution in [-0.4, -0.2) is 56.1 Å². The van der Waals surface area contributed by atoms with Crippen molar-refractivity contribution in [3.63, 3.8) is 0 Å². The number of morpholine rings is 1. The smallest absolute Gasteiger partial charge is 0.286 e. The quantitative estimate of drug-likeness (QED) is 0.725. The third kappa shape index (κ3) is 5.94. The Bertz CT molecular complexity index is 752. The first-order chi connectivity index (χ1) is 13.6. The number of nitrogens with one attached hydrogen (secondary N) is 2. The average Bonchev–Trinajstić information content (AvgIpc) is 3.24. The van der Waals surface area contributed by atoms with E-state index in [-0.39, 0.29) is 36.6 Å². The highest BCUT2D eigenvalue weighted by molar-refractivity contribution is 5.91. The maximum Gasteiger partial charge on any atom is 0.286 e. The molecule has 2 aromatic rings. The normalized spacial score (nSPS) is 15.8. The minimum atomic E-state index is -0.318. The maximum absolute atomic E-state index is 12.5. The van der Waals surface area contributed by atoms with Crippen LogP contribution in [0.4, 0.5) is 0 Å². The summed E-state index contributed by atoms with van der Waals surface area (Å²) in [7, 11) is 0. The number of furan rings is 1. The van der Waals surface area contributed by atoms with Crippen LogP contribution in [0.5, 0.6) is 0 Å². The minimum Gasteiger partial charge on any atom is -0.459 e. The second-order valence-corrected chi connectivity index (χ2v) is 6.93. The number of aryl methyl sites for hydroxylation is 1. The van der Waals surface area contributed by atoms with E-state index >= 15 is 0 Å². The Morgan fingerprint density at radius 2 is 1.89 bits per heavy atom. The first-order valence-electron chi connectivity index (χ1n) is 9.59. The van der Waals surface area contributed by atoms with Crippen LogP contribution in [-0.2, 0) is 9.53 Å². The number of ether oxygens (including phenoxy) is 1. The molecule has 1 fully saturated rings. The molecule has 0 saturated carbocycles. The Morgan fingerprint density at radius 3 is 2.57 bits per heavy atom. The second kappa shape index (κ2) is 10.1. The van der Waals surface area contributed by atoms with Crippen LogP contribution in [0.1, 0.15) is 34.1 Å². The van der Waals surface area contributed by atoms with Gasteiger partial charge in [0.05, 0.1) is 25.5 Å². The van der Waals surface area contributed by atoms with E-state index in [2.05, 4.69) is 39.8 Å². The lowest BCUT2D eigenvalue weighted by Gasteiger charge is -2.31. The third-order valence-electron chi connectivity index (χ3n) is 4.74. The lowest BCUT2D eigenvalue weighted by molar-refractivity contribution is -0.121. The molecule has 1 atom stereocenters. The highest BCUT2D eigenvalue weighted by Gasteiger charge is 2.20. The fraction of sp³-hybridized carbons (Fsp3) is 0.429. The molecule has 1 unspecified atom stereocenters. The van der Waals surface area contributed by atoms with E-state index in [0.29, 0.717) is 13.2 Å². The molecule has 7 heteroatoms. The topological polar surface area (TPSA) is 83.8 Å². The molecule has 1 aromatic carbocycles. The lowest BCUT2D eigenvalue weighted by Crippen LogP contribution is -2.43. The van der Waals surface area contributed by atoms with Crippen molar-refractivity contribution in [2.24, 2.45) is 0 Å². The van der Waals surface area contributed by atoms with Crippen LogP contribution >= 0.6 is 0 Å². The molecule has 3 rings (SSSR count). The predicted octanol–water partition coefficient (Wildman–Crippen LogP) is 1.90. The molecular weight excluding hydrogens is 358 g/mol. The first kappa shape index (κ1) is 20.1. The number of hydrogen-bond donors (Lipinski definition) is 2. The highest BCUT2D eigenvalue weighted by Crippen LogP contribution is 2.16. The molecule has 0 bridgehead atoms. The SMILES string of the molecule is Cc1ccc(C(CN2CCOCC2)NC(=O)CCNC(=O)c2ccco2)cc1. The summed E-state index contributed by atoms with van der Waals surface area (Å²) >= 11 is 0. The zero-order valence-electron chi connectivity index (χ0n) is 16.1. The van der Waals surface area contributed by atoms with Crippen molar-refractivity contribution in [1.29, 1.82) is 0 Å². The van der Waals surface area contributed by atoms with Gasteiger partial charge in [-0.15, -0.1) is 0 Å². The summed E-state index contributed by atoms with van der Waals surface area (Å²) in [6, 6.07) is 11.4. The summed E-state index contributed by atoms with van der Waals surface area (Å²) in [6.07, 6.45) is 1.65. The Balaban J connectivity index is 1.54. The zero-order valence-corrected chi connectivity index (χ0v) is 16.1. The number of hydrogen-bond acceptors (Lipinski definition) is 5. The van der Waals surface area contributed by atoms with Gasteiger partial charge in [-0.2, -0.15) is 0 Å². The molecule has 2 amide bonds. The van der Waals surface area contributed by atoms with Crippen LogP contribution in [0, 0.1) is 6.92 Å². The van der Waals surface area contributed by atoms with E-state index < -0.39 is 0 Å². The summed E-state index contributed by atoms with van der Waals surface area (Å²) in [5, 5.41) is 5.81. The molecule has 28 heavy (non-hydrogen) atoms. The Kier molecular flexibility index (Phi) is 7.22. The summed E-state index contributed by atoms with van der Waals surface area (Å²) in [4.78, 5) is 26.6. The van der Waals surface area contributed by atoms with Gasteiger partial charge in [0.15, 0.2) is 5.76 Å². The molecule has 7 nitrogen and oxygen atoms in total. The standard InChI is InChI=1S/C21H27N3O4/c1-16-4-6-17(7-5-16)18(15-24-10-13-27-14-11-24)23-20(25)8-9-22-21(26)19-3-2-12-28-19/h2-7,12,18H,8-11,13-15H2,1H3,(H,22,26)(H,23,25). The Morgan fingerprint density at radius 1 is 1.14 bits per heavy atom. The van der Waals surface area contributed by atoms with E-state index in [0.717, 1.165) is 25.2 Å². The maximum atomic E-state index is 12.5. The third-order valence-corrected chi connectivity index (χ3v) is 4.74. The number of carbonyl (C=O) groups is 2. The van der Waals surface area contributed by atoms with Gasteiger partial charge in [0.1, 0.15) is 0 Å². The van der Waals surface area contributed by atoms with Crippen molar-refractivity contribution in [1.82, 2.24) is 15.5 Å². The number of nitrogens with zero attached hydrogens (tertiary/aromatic N) is 1. The van der Waals surface area contributed by atoms with Crippen molar-refractivity contribution in [3.8, 4) is 0 Å². The van der Waals surface area contributed by atoms with E-state index in [4.69, 9.17) is 9.15 Å². The largest absolute Gasteiger partial charge is 0.459 e. The molecule has 2 heterocycles. The van der Waals surface area contributed by atoms with Crippen molar-refractivity contribution in [2.45, 2.75) is 19.4 Å². The number of carbonyl (C=O) groups excluding carboxylic acids is 2. The minimum absolute atomic E-state index is 0.0985. The Hall–Kier alpha value is -2.64. The number of amides is 2. The van der Waals surface area contributed by atoms with E-state index in [1.165, 1.54) is 11.8 Å². The summed E-state index contributed by atoms with van der Waals surface area (Å²) in [6.45, 7) is 6.18. The van der Waals surface area contributed by atoms with Crippen LogP contribution in [0.2, 0.25) is 0 Å². The molecule has 0 radical (unpaired) electrons. The molecule has 0 aliphatic carbocycles. The molecule has 0 spiro atoms. The molecule has 1 saturated heterocycles. The number of rotatable bonds is 8. The average molecular weight is 385 g/mol. The van der Waals surface area contributed by atoms with Gasteiger partial charge in [0.2, 0.25) is 5.91 Å². The fourth-order valence-electron chi connectivity index (χ4n) is 3.13. The molecule has 1 aromatic heterocycles. The van der Waals surface area contributed by atoms with Crippen molar-refractivity contribution < 1.29 is 18.7 Å². The van der Waals surface area contributed by atoms with Crippen molar-refractivity contribution >= 4 is 11.8 Å². The fourth-order valence-corrected chi connectivity index (χ4v) is 3.13. The second-order valence-electron chi connectivity index (χ2n) is 6.93. The van der Waals surface area contributed by atoms with Gasteiger partial charge in [-0.3, -0.25) is 14.5 Å². The van der Waals surface area contributed by atoms with Crippen molar-refractivity contribution in [2.75, 3.05) is 39.4 Å². The van der Waals surface area contributed by atoms with E-state index in [1.807, 2.05) is 6.92 Å².